The molecule has 0 aromatic heterocycles. The molecular formula is C21H26N2O2. The Morgan fingerprint density at radius 1 is 1.08 bits per heavy atom. The number of anilines is 1. The number of piperidine rings is 1. The predicted octanol–water partition coefficient (Wildman–Crippen LogP) is 3.07. The molecule has 1 unspecified atom stereocenters. The fourth-order valence-corrected chi connectivity index (χ4v) is 3.41. The van der Waals surface area contributed by atoms with Crippen LogP contribution in [0.1, 0.15) is 31.7 Å². The average Bonchev–Trinajstić information content (AvgIpc) is 2.63. The van der Waals surface area contributed by atoms with Crippen LogP contribution in [-0.4, -0.2) is 30.1 Å². The van der Waals surface area contributed by atoms with Crippen LogP contribution in [0.3, 0.4) is 0 Å². The number of carbonyl (C=O) groups excluding carboxylic acids is 1. The van der Waals surface area contributed by atoms with Gasteiger partial charge in [-0.2, -0.15) is 0 Å². The molecule has 1 fully saturated rings. The van der Waals surface area contributed by atoms with E-state index in [1.165, 1.54) is 5.69 Å². The molecule has 2 aromatic rings. The number of aliphatic hydroxyl groups is 1. The number of hydrogen-bond donors (Lipinski definition) is 2. The quantitative estimate of drug-likeness (QED) is 0.881. The first kappa shape index (κ1) is 17.5. The highest BCUT2D eigenvalue weighted by molar-refractivity contribution is 5.77. The van der Waals surface area contributed by atoms with Gasteiger partial charge in [-0.05, 0) is 37.5 Å². The molecular weight excluding hydrogens is 312 g/mol. The zero-order valence-corrected chi connectivity index (χ0v) is 14.7. The van der Waals surface area contributed by atoms with Gasteiger partial charge in [-0.1, -0.05) is 48.5 Å². The van der Waals surface area contributed by atoms with Crippen molar-refractivity contribution >= 4 is 11.6 Å². The fraction of sp³-hybridized carbons (Fsp3) is 0.381. The van der Waals surface area contributed by atoms with E-state index in [1.807, 2.05) is 36.4 Å². The summed E-state index contributed by atoms with van der Waals surface area (Å²) >= 11 is 0. The molecule has 132 valence electrons. The van der Waals surface area contributed by atoms with E-state index < -0.39 is 5.60 Å². The lowest BCUT2D eigenvalue weighted by molar-refractivity contribution is -0.126. The molecule has 1 atom stereocenters. The first-order valence-electron chi connectivity index (χ1n) is 8.92. The first-order valence-corrected chi connectivity index (χ1v) is 8.92. The molecule has 0 bridgehead atoms. The van der Waals surface area contributed by atoms with Crippen molar-refractivity contribution in [3.05, 3.63) is 66.2 Å². The van der Waals surface area contributed by atoms with Crippen molar-refractivity contribution in [1.82, 2.24) is 5.32 Å². The molecule has 4 nitrogen and oxygen atoms in total. The van der Waals surface area contributed by atoms with Crippen LogP contribution >= 0.6 is 0 Å². The Morgan fingerprint density at radius 3 is 2.24 bits per heavy atom. The van der Waals surface area contributed by atoms with Crippen molar-refractivity contribution in [3.63, 3.8) is 0 Å². The molecule has 1 aliphatic rings. The van der Waals surface area contributed by atoms with Crippen LogP contribution in [0.4, 0.5) is 5.69 Å². The minimum absolute atomic E-state index is 0.0793. The minimum atomic E-state index is -1.14. The summed E-state index contributed by atoms with van der Waals surface area (Å²) in [6.07, 6.45) is 1.93. The Bertz CT molecular complexity index is 678. The summed E-state index contributed by atoms with van der Waals surface area (Å²) in [5, 5.41) is 13.7. The maximum absolute atomic E-state index is 12.4. The largest absolute Gasteiger partial charge is 0.385 e. The van der Waals surface area contributed by atoms with E-state index in [1.54, 1.807) is 6.92 Å². The van der Waals surface area contributed by atoms with Crippen LogP contribution in [0.25, 0.3) is 0 Å². The van der Waals surface area contributed by atoms with E-state index in [2.05, 4.69) is 34.5 Å². The van der Waals surface area contributed by atoms with E-state index in [-0.39, 0.29) is 18.4 Å². The van der Waals surface area contributed by atoms with E-state index in [0.29, 0.717) is 0 Å². The summed E-state index contributed by atoms with van der Waals surface area (Å²) in [7, 11) is 0. The Labute approximate surface area is 149 Å². The van der Waals surface area contributed by atoms with Gasteiger partial charge in [0, 0.05) is 24.8 Å². The molecule has 25 heavy (non-hydrogen) atoms. The molecule has 1 aliphatic heterocycles. The highest BCUT2D eigenvalue weighted by Gasteiger charge is 2.28. The predicted molar refractivity (Wildman–Crippen MR) is 100 cm³/mol. The van der Waals surface area contributed by atoms with Crippen molar-refractivity contribution in [3.8, 4) is 0 Å². The molecule has 0 spiro atoms. The number of nitrogens with zero attached hydrogens (tertiary/aromatic N) is 1. The van der Waals surface area contributed by atoms with E-state index in [9.17, 15) is 9.90 Å². The molecule has 1 saturated heterocycles. The van der Waals surface area contributed by atoms with E-state index in [4.69, 9.17) is 0 Å². The second-order valence-corrected chi connectivity index (χ2v) is 6.98. The molecule has 0 aliphatic carbocycles. The van der Waals surface area contributed by atoms with Gasteiger partial charge in [-0.3, -0.25) is 4.79 Å². The Balaban J connectivity index is 1.50. The van der Waals surface area contributed by atoms with Crippen LogP contribution in [-0.2, 0) is 10.4 Å². The first-order chi connectivity index (χ1) is 12.0. The molecule has 3 rings (SSSR count). The Morgan fingerprint density at radius 2 is 1.64 bits per heavy atom. The molecule has 0 saturated carbocycles. The topological polar surface area (TPSA) is 52.6 Å². The summed E-state index contributed by atoms with van der Waals surface area (Å²) in [5.74, 6) is -0.0907. The number of nitrogens with one attached hydrogen (secondary N) is 1. The van der Waals surface area contributed by atoms with Gasteiger partial charge in [-0.15, -0.1) is 0 Å². The summed E-state index contributed by atoms with van der Waals surface area (Å²) < 4.78 is 0. The molecule has 1 heterocycles. The third-order valence-corrected chi connectivity index (χ3v) is 4.88. The highest BCUT2D eigenvalue weighted by Crippen LogP contribution is 2.25. The highest BCUT2D eigenvalue weighted by atomic mass is 16.3. The number of carbonyl (C=O) groups is 1. The van der Waals surface area contributed by atoms with Gasteiger partial charge in [0.25, 0.3) is 0 Å². The summed E-state index contributed by atoms with van der Waals surface area (Å²) in [6.45, 7) is 3.56. The Kier molecular flexibility index (Phi) is 5.39. The minimum Gasteiger partial charge on any atom is -0.385 e. The zero-order valence-electron chi connectivity index (χ0n) is 14.7. The smallest absolute Gasteiger partial charge is 0.223 e. The van der Waals surface area contributed by atoms with Crippen molar-refractivity contribution in [2.45, 2.75) is 37.8 Å². The maximum Gasteiger partial charge on any atom is 0.223 e. The molecule has 1 amide bonds. The van der Waals surface area contributed by atoms with Gasteiger partial charge in [0.2, 0.25) is 5.91 Å². The van der Waals surface area contributed by atoms with Gasteiger partial charge in [0.1, 0.15) is 0 Å². The second kappa shape index (κ2) is 7.70. The molecule has 0 radical (unpaired) electrons. The number of benzene rings is 2. The summed E-state index contributed by atoms with van der Waals surface area (Å²) in [6, 6.07) is 19.9. The number of rotatable bonds is 5. The maximum atomic E-state index is 12.4. The lowest BCUT2D eigenvalue weighted by atomic mass is 9.92. The third-order valence-electron chi connectivity index (χ3n) is 4.88. The molecule has 4 heteroatoms. The van der Waals surface area contributed by atoms with Gasteiger partial charge in [0.05, 0.1) is 12.0 Å². The van der Waals surface area contributed by atoms with Crippen LogP contribution in [0, 0.1) is 0 Å². The number of amides is 1. The average molecular weight is 338 g/mol. The van der Waals surface area contributed by atoms with Crippen molar-refractivity contribution in [2.24, 2.45) is 0 Å². The standard InChI is InChI=1S/C21H26N2O2/c1-21(25,17-8-4-2-5-9-17)16-20(24)22-18-12-14-23(15-13-18)19-10-6-3-7-11-19/h2-11,18,25H,12-16H2,1H3,(H,22,24). The van der Waals surface area contributed by atoms with Gasteiger partial charge < -0.3 is 15.3 Å². The van der Waals surface area contributed by atoms with Gasteiger partial charge >= 0.3 is 0 Å². The van der Waals surface area contributed by atoms with Crippen LogP contribution in [0.15, 0.2) is 60.7 Å². The van der Waals surface area contributed by atoms with E-state index >= 15 is 0 Å². The van der Waals surface area contributed by atoms with Crippen LogP contribution < -0.4 is 10.2 Å². The lowest BCUT2D eigenvalue weighted by Crippen LogP contribution is -2.46. The summed E-state index contributed by atoms with van der Waals surface area (Å²) in [4.78, 5) is 14.7. The SMILES string of the molecule is CC(O)(CC(=O)NC1CCN(c2ccccc2)CC1)c1ccccc1. The normalized spacial score (nSPS) is 17.8. The number of para-hydroxylation sites is 1. The zero-order chi connectivity index (χ0) is 17.7. The van der Waals surface area contributed by atoms with E-state index in [0.717, 1.165) is 31.5 Å². The van der Waals surface area contributed by atoms with Crippen LogP contribution in [0.2, 0.25) is 0 Å². The molecule has 2 N–H and O–H groups in total. The lowest BCUT2D eigenvalue weighted by Gasteiger charge is -2.34. The third kappa shape index (κ3) is 4.60. The van der Waals surface area contributed by atoms with Crippen LogP contribution in [0.5, 0.6) is 0 Å². The molecule has 2 aromatic carbocycles. The van der Waals surface area contributed by atoms with Gasteiger partial charge in [0.15, 0.2) is 0 Å². The summed E-state index contributed by atoms with van der Waals surface area (Å²) in [5.41, 5.74) is 0.860. The van der Waals surface area contributed by atoms with Crippen molar-refractivity contribution in [2.75, 3.05) is 18.0 Å². The second-order valence-electron chi connectivity index (χ2n) is 6.98. The van der Waals surface area contributed by atoms with Crippen molar-refractivity contribution < 1.29 is 9.90 Å². The number of hydrogen-bond acceptors (Lipinski definition) is 3. The van der Waals surface area contributed by atoms with Gasteiger partial charge in [-0.25, -0.2) is 0 Å². The van der Waals surface area contributed by atoms with Crippen molar-refractivity contribution in [1.29, 1.82) is 0 Å². The monoisotopic (exact) mass is 338 g/mol. The fourth-order valence-electron chi connectivity index (χ4n) is 3.41. The Hall–Kier alpha value is -2.33.